The van der Waals surface area contributed by atoms with Crippen LogP contribution in [0.3, 0.4) is 0 Å². The van der Waals surface area contributed by atoms with Crippen LogP contribution in [0.5, 0.6) is 0 Å². The number of carbonyl (C=O) groups excluding carboxylic acids is 1. The fourth-order valence-corrected chi connectivity index (χ4v) is 3.83. The molecule has 1 spiro atoms. The monoisotopic (exact) mass is 322 g/mol. The molecule has 122 valence electrons. The molecule has 3 nitrogen and oxygen atoms in total. The molecule has 1 unspecified atom stereocenters. The first-order valence-electron chi connectivity index (χ1n) is 8.35. The highest BCUT2D eigenvalue weighted by Crippen LogP contribution is 2.56. The lowest BCUT2D eigenvalue weighted by molar-refractivity contribution is -0.182. The minimum Gasteiger partial charge on any atom is -0.332 e. The number of piperidine rings is 1. The highest BCUT2D eigenvalue weighted by Gasteiger charge is 2.61. The van der Waals surface area contributed by atoms with Gasteiger partial charge in [-0.2, -0.15) is 0 Å². The second-order valence-corrected chi connectivity index (χ2v) is 6.60. The maximum atomic E-state index is 12.7. The molecule has 1 aromatic carbocycles. The molecule has 4 heteroatoms. The van der Waals surface area contributed by atoms with Gasteiger partial charge in [-0.1, -0.05) is 37.6 Å². The molecule has 0 aromatic heterocycles. The molecule has 1 amide bonds. The maximum Gasteiger partial charge on any atom is 0.232 e. The average Bonchev–Trinajstić information content (AvgIpc) is 2.55. The SMILES string of the molecule is CC.CC(C)N1C(=O)C2(CCNCC2)C1c1ccc(Cl)cc1. The molecule has 1 atom stereocenters. The minimum absolute atomic E-state index is 0.191. The van der Waals surface area contributed by atoms with Crippen molar-refractivity contribution < 1.29 is 4.79 Å². The molecule has 1 N–H and O–H groups in total. The van der Waals surface area contributed by atoms with Gasteiger partial charge in [0.1, 0.15) is 0 Å². The standard InChI is InChI=1S/C16H21ClN2O.C2H6/c1-11(2)19-14(12-3-5-13(17)6-4-12)16(15(19)20)7-9-18-10-8-16;1-2/h3-6,11,14,18H,7-10H2,1-2H3;1-2H3. The van der Waals surface area contributed by atoms with Crippen molar-refractivity contribution in [2.24, 2.45) is 5.41 Å². The third-order valence-electron chi connectivity index (χ3n) is 4.70. The van der Waals surface area contributed by atoms with E-state index in [-0.39, 0.29) is 17.5 Å². The van der Waals surface area contributed by atoms with E-state index >= 15 is 0 Å². The Hall–Kier alpha value is -1.06. The Kier molecular flexibility index (Phi) is 5.51. The highest BCUT2D eigenvalue weighted by molar-refractivity contribution is 6.30. The van der Waals surface area contributed by atoms with Gasteiger partial charge < -0.3 is 10.2 Å². The van der Waals surface area contributed by atoms with Crippen molar-refractivity contribution in [3.8, 4) is 0 Å². The van der Waals surface area contributed by atoms with Crippen LogP contribution in [0.15, 0.2) is 24.3 Å². The molecule has 2 heterocycles. The van der Waals surface area contributed by atoms with Crippen molar-refractivity contribution in [2.75, 3.05) is 13.1 Å². The van der Waals surface area contributed by atoms with E-state index in [4.69, 9.17) is 11.6 Å². The fourth-order valence-electron chi connectivity index (χ4n) is 3.71. The van der Waals surface area contributed by atoms with E-state index in [0.717, 1.165) is 31.0 Å². The van der Waals surface area contributed by atoms with E-state index < -0.39 is 0 Å². The zero-order chi connectivity index (χ0) is 16.3. The summed E-state index contributed by atoms with van der Waals surface area (Å²) in [6.07, 6.45) is 1.87. The summed E-state index contributed by atoms with van der Waals surface area (Å²) >= 11 is 5.99. The Morgan fingerprint density at radius 2 is 1.73 bits per heavy atom. The van der Waals surface area contributed by atoms with Crippen molar-refractivity contribution in [1.82, 2.24) is 10.2 Å². The van der Waals surface area contributed by atoms with Crippen LogP contribution in [0.25, 0.3) is 0 Å². The summed E-state index contributed by atoms with van der Waals surface area (Å²) < 4.78 is 0. The molecule has 0 aliphatic carbocycles. The van der Waals surface area contributed by atoms with Crippen molar-refractivity contribution >= 4 is 17.5 Å². The third kappa shape index (κ3) is 2.77. The first kappa shape index (κ1) is 17.3. The number of rotatable bonds is 2. The first-order chi connectivity index (χ1) is 10.6. The Morgan fingerprint density at radius 3 is 2.23 bits per heavy atom. The van der Waals surface area contributed by atoms with Crippen molar-refractivity contribution in [3.05, 3.63) is 34.9 Å². The molecule has 2 fully saturated rings. The Bertz CT molecular complexity index is 506. The topological polar surface area (TPSA) is 32.3 Å². The summed E-state index contributed by atoms with van der Waals surface area (Å²) in [5, 5.41) is 4.11. The Morgan fingerprint density at radius 1 is 1.18 bits per heavy atom. The Labute approximate surface area is 139 Å². The van der Waals surface area contributed by atoms with Gasteiger partial charge in [-0.3, -0.25) is 4.79 Å². The smallest absolute Gasteiger partial charge is 0.232 e. The summed E-state index contributed by atoms with van der Waals surface area (Å²) in [5.74, 6) is 0.328. The third-order valence-corrected chi connectivity index (χ3v) is 4.95. The predicted octanol–water partition coefficient (Wildman–Crippen LogP) is 4.03. The summed E-state index contributed by atoms with van der Waals surface area (Å²) in [5.41, 5.74) is 1.02. The number of amides is 1. The summed E-state index contributed by atoms with van der Waals surface area (Å²) in [6.45, 7) is 10.0. The zero-order valence-corrected chi connectivity index (χ0v) is 14.8. The van der Waals surface area contributed by atoms with Gasteiger partial charge in [-0.05, 0) is 57.5 Å². The van der Waals surface area contributed by atoms with Crippen molar-refractivity contribution in [1.29, 1.82) is 0 Å². The van der Waals surface area contributed by atoms with Gasteiger partial charge in [0, 0.05) is 11.1 Å². The van der Waals surface area contributed by atoms with Gasteiger partial charge in [0.2, 0.25) is 5.91 Å². The van der Waals surface area contributed by atoms with Gasteiger partial charge in [0.25, 0.3) is 0 Å². The van der Waals surface area contributed by atoms with Crippen LogP contribution in [0.1, 0.15) is 52.1 Å². The zero-order valence-electron chi connectivity index (χ0n) is 14.0. The van der Waals surface area contributed by atoms with Crippen molar-refractivity contribution in [3.63, 3.8) is 0 Å². The minimum atomic E-state index is -0.191. The van der Waals surface area contributed by atoms with E-state index in [1.807, 2.05) is 30.9 Å². The molecule has 2 saturated heterocycles. The van der Waals surface area contributed by atoms with Gasteiger partial charge in [0.05, 0.1) is 11.5 Å². The van der Waals surface area contributed by atoms with Gasteiger partial charge in [-0.15, -0.1) is 0 Å². The Balaban J connectivity index is 0.000000847. The normalized spacial score (nSPS) is 23.1. The number of carbonyl (C=O) groups is 1. The molecule has 0 saturated carbocycles. The van der Waals surface area contributed by atoms with E-state index in [2.05, 4.69) is 31.3 Å². The number of hydrogen-bond acceptors (Lipinski definition) is 2. The highest BCUT2D eigenvalue weighted by atomic mass is 35.5. The van der Waals surface area contributed by atoms with Crippen LogP contribution in [-0.4, -0.2) is 29.9 Å². The number of likely N-dealkylation sites (tertiary alicyclic amines) is 1. The van der Waals surface area contributed by atoms with Crippen LogP contribution in [-0.2, 0) is 4.79 Å². The van der Waals surface area contributed by atoms with Crippen LogP contribution in [0.2, 0.25) is 5.02 Å². The fraction of sp³-hybridized carbons (Fsp3) is 0.611. The second-order valence-electron chi connectivity index (χ2n) is 6.17. The van der Waals surface area contributed by atoms with E-state index in [9.17, 15) is 4.79 Å². The van der Waals surface area contributed by atoms with E-state index in [1.54, 1.807) is 0 Å². The van der Waals surface area contributed by atoms with Gasteiger partial charge in [-0.25, -0.2) is 0 Å². The lowest BCUT2D eigenvalue weighted by atomic mass is 9.62. The van der Waals surface area contributed by atoms with Crippen molar-refractivity contribution in [2.45, 2.75) is 52.6 Å². The summed E-state index contributed by atoms with van der Waals surface area (Å²) in [4.78, 5) is 14.7. The quantitative estimate of drug-likeness (QED) is 0.834. The molecule has 22 heavy (non-hydrogen) atoms. The molecule has 3 rings (SSSR count). The van der Waals surface area contributed by atoms with Gasteiger partial charge >= 0.3 is 0 Å². The molecular formula is C18H27ClN2O. The van der Waals surface area contributed by atoms with E-state index in [0.29, 0.717) is 5.91 Å². The second kappa shape index (κ2) is 7.01. The van der Waals surface area contributed by atoms with Crippen LogP contribution in [0, 0.1) is 5.41 Å². The molecule has 0 radical (unpaired) electrons. The predicted molar refractivity (Wildman–Crippen MR) is 92.1 cm³/mol. The number of halogens is 1. The lowest BCUT2D eigenvalue weighted by Gasteiger charge is -2.59. The lowest BCUT2D eigenvalue weighted by Crippen LogP contribution is -2.67. The van der Waals surface area contributed by atoms with Crippen LogP contribution in [0.4, 0.5) is 0 Å². The maximum absolute atomic E-state index is 12.7. The summed E-state index contributed by atoms with van der Waals surface area (Å²) in [7, 11) is 0. The number of β-lactam (4-membered cyclic amide) rings is 1. The molecular weight excluding hydrogens is 296 g/mol. The van der Waals surface area contributed by atoms with E-state index in [1.165, 1.54) is 5.56 Å². The van der Waals surface area contributed by atoms with Crippen LogP contribution < -0.4 is 5.32 Å². The number of hydrogen-bond donors (Lipinski definition) is 1. The first-order valence-corrected chi connectivity index (χ1v) is 8.73. The molecule has 2 aliphatic heterocycles. The number of benzene rings is 1. The number of nitrogens with one attached hydrogen (secondary N) is 1. The molecule has 1 aromatic rings. The molecule has 0 bridgehead atoms. The molecule has 2 aliphatic rings. The van der Waals surface area contributed by atoms with Crippen LogP contribution >= 0.6 is 11.6 Å². The average molecular weight is 323 g/mol. The van der Waals surface area contributed by atoms with Gasteiger partial charge in [0.15, 0.2) is 0 Å². The largest absolute Gasteiger partial charge is 0.332 e. The number of nitrogens with zero attached hydrogens (tertiary/aromatic N) is 1. The summed E-state index contributed by atoms with van der Waals surface area (Å²) in [6, 6.07) is 8.43.